The molecule has 1 amide bonds. The SMILES string of the molecule is CCCCCNC(=O)Cn1c(=O)c(C#N)c2n(c1=O)CCC2. The van der Waals surface area contributed by atoms with Gasteiger partial charge in [0.15, 0.2) is 0 Å². The highest BCUT2D eigenvalue weighted by molar-refractivity contribution is 5.75. The molecule has 1 aliphatic heterocycles. The van der Waals surface area contributed by atoms with Gasteiger partial charge in [-0.2, -0.15) is 5.26 Å². The smallest absolute Gasteiger partial charge is 0.331 e. The lowest BCUT2D eigenvalue weighted by atomic mass is 10.2. The molecule has 118 valence electrons. The molecule has 1 aromatic heterocycles. The molecule has 0 aliphatic carbocycles. The molecule has 7 nitrogen and oxygen atoms in total. The van der Waals surface area contributed by atoms with Crippen LogP contribution in [0.25, 0.3) is 0 Å². The predicted molar refractivity (Wildman–Crippen MR) is 80.5 cm³/mol. The molecule has 1 N–H and O–H groups in total. The summed E-state index contributed by atoms with van der Waals surface area (Å²) in [5.41, 5.74) is -0.683. The maximum atomic E-state index is 12.3. The normalized spacial score (nSPS) is 12.7. The molecule has 0 bridgehead atoms. The van der Waals surface area contributed by atoms with Crippen LogP contribution >= 0.6 is 0 Å². The molecule has 0 saturated heterocycles. The molecule has 1 aromatic rings. The average Bonchev–Trinajstić information content (AvgIpc) is 2.98. The highest BCUT2D eigenvalue weighted by atomic mass is 16.2. The van der Waals surface area contributed by atoms with E-state index in [1.54, 1.807) is 0 Å². The second-order valence-corrected chi connectivity index (χ2v) is 5.42. The van der Waals surface area contributed by atoms with Crippen LogP contribution in [0.15, 0.2) is 9.59 Å². The van der Waals surface area contributed by atoms with Crippen LogP contribution in [0.4, 0.5) is 0 Å². The van der Waals surface area contributed by atoms with Gasteiger partial charge in [-0.3, -0.25) is 14.2 Å². The van der Waals surface area contributed by atoms with Crippen molar-refractivity contribution < 1.29 is 4.79 Å². The third kappa shape index (κ3) is 3.11. The van der Waals surface area contributed by atoms with Gasteiger partial charge in [0.1, 0.15) is 18.2 Å². The van der Waals surface area contributed by atoms with E-state index >= 15 is 0 Å². The number of amides is 1. The summed E-state index contributed by atoms with van der Waals surface area (Å²) in [5, 5.41) is 11.8. The molecule has 1 aliphatic rings. The first-order chi connectivity index (χ1) is 10.6. The summed E-state index contributed by atoms with van der Waals surface area (Å²) >= 11 is 0. The van der Waals surface area contributed by atoms with E-state index in [4.69, 9.17) is 5.26 Å². The molecule has 0 aromatic carbocycles. The van der Waals surface area contributed by atoms with Gasteiger partial charge in [0.25, 0.3) is 5.56 Å². The van der Waals surface area contributed by atoms with Crippen molar-refractivity contribution in [3.05, 3.63) is 32.1 Å². The van der Waals surface area contributed by atoms with Crippen molar-refractivity contribution in [2.75, 3.05) is 6.54 Å². The highest BCUT2D eigenvalue weighted by Crippen LogP contribution is 2.12. The Labute approximate surface area is 128 Å². The second-order valence-electron chi connectivity index (χ2n) is 5.42. The van der Waals surface area contributed by atoms with Crippen LogP contribution in [0.1, 0.15) is 43.9 Å². The van der Waals surface area contributed by atoms with Crippen molar-refractivity contribution in [1.82, 2.24) is 14.5 Å². The number of unbranched alkanes of at least 4 members (excludes halogenated alkanes) is 2. The summed E-state index contributed by atoms with van der Waals surface area (Å²) in [6.45, 7) is 2.75. The van der Waals surface area contributed by atoms with Crippen LogP contribution in [0.5, 0.6) is 0 Å². The molecule has 0 spiro atoms. The zero-order chi connectivity index (χ0) is 16.1. The number of aromatic nitrogens is 2. The maximum Gasteiger partial charge on any atom is 0.331 e. The van der Waals surface area contributed by atoms with E-state index in [9.17, 15) is 14.4 Å². The molecule has 7 heteroatoms. The molecule has 0 saturated carbocycles. The van der Waals surface area contributed by atoms with E-state index in [0.717, 1.165) is 30.3 Å². The van der Waals surface area contributed by atoms with Crippen LogP contribution < -0.4 is 16.6 Å². The first kappa shape index (κ1) is 16.0. The van der Waals surface area contributed by atoms with Crippen molar-refractivity contribution in [3.63, 3.8) is 0 Å². The Morgan fingerprint density at radius 2 is 2.14 bits per heavy atom. The highest BCUT2D eigenvalue weighted by Gasteiger charge is 2.23. The average molecular weight is 304 g/mol. The zero-order valence-corrected chi connectivity index (χ0v) is 12.7. The Morgan fingerprint density at radius 3 is 2.82 bits per heavy atom. The van der Waals surface area contributed by atoms with Crippen LogP contribution in [-0.4, -0.2) is 21.6 Å². The molecular formula is C15H20N4O3. The summed E-state index contributed by atoms with van der Waals surface area (Å²) in [6, 6.07) is 1.87. The summed E-state index contributed by atoms with van der Waals surface area (Å²) in [7, 11) is 0. The fourth-order valence-electron chi connectivity index (χ4n) is 2.69. The molecule has 2 rings (SSSR count). The van der Waals surface area contributed by atoms with Crippen molar-refractivity contribution in [2.45, 2.75) is 52.1 Å². The molecule has 0 atom stereocenters. The predicted octanol–water partition coefficient (Wildman–Crippen LogP) is 0.134. The lowest BCUT2D eigenvalue weighted by Gasteiger charge is -2.11. The Hall–Kier alpha value is -2.36. The van der Waals surface area contributed by atoms with Gasteiger partial charge in [-0.1, -0.05) is 19.8 Å². The Balaban J connectivity index is 2.22. The first-order valence-corrected chi connectivity index (χ1v) is 7.63. The minimum atomic E-state index is -0.663. The van der Waals surface area contributed by atoms with Gasteiger partial charge in [-0.25, -0.2) is 9.36 Å². The van der Waals surface area contributed by atoms with Gasteiger partial charge in [-0.15, -0.1) is 0 Å². The van der Waals surface area contributed by atoms with E-state index in [-0.39, 0.29) is 18.0 Å². The quantitative estimate of drug-likeness (QED) is 0.756. The molecule has 0 unspecified atom stereocenters. The van der Waals surface area contributed by atoms with E-state index in [2.05, 4.69) is 12.2 Å². The number of carbonyl (C=O) groups excluding carboxylic acids is 1. The lowest BCUT2D eigenvalue weighted by Crippen LogP contribution is -2.45. The summed E-state index contributed by atoms with van der Waals surface area (Å²) in [4.78, 5) is 36.4. The van der Waals surface area contributed by atoms with Crippen molar-refractivity contribution in [3.8, 4) is 6.07 Å². The molecular weight excluding hydrogens is 284 g/mol. The number of hydrogen-bond acceptors (Lipinski definition) is 4. The molecule has 22 heavy (non-hydrogen) atoms. The summed E-state index contributed by atoms with van der Waals surface area (Å²) < 4.78 is 2.30. The largest absolute Gasteiger partial charge is 0.355 e. The monoisotopic (exact) mass is 304 g/mol. The third-order valence-electron chi connectivity index (χ3n) is 3.85. The second kappa shape index (κ2) is 7.07. The number of nitrogens with zero attached hydrogens (tertiary/aromatic N) is 3. The zero-order valence-electron chi connectivity index (χ0n) is 12.7. The van der Waals surface area contributed by atoms with Gasteiger partial charge in [0, 0.05) is 18.8 Å². The third-order valence-corrected chi connectivity index (χ3v) is 3.85. The van der Waals surface area contributed by atoms with Gasteiger partial charge < -0.3 is 5.32 Å². The van der Waals surface area contributed by atoms with Gasteiger partial charge >= 0.3 is 5.69 Å². The molecule has 0 fully saturated rings. The lowest BCUT2D eigenvalue weighted by molar-refractivity contribution is -0.121. The van der Waals surface area contributed by atoms with Gasteiger partial charge in [0.2, 0.25) is 5.91 Å². The number of fused-ring (bicyclic) bond motifs is 1. The van der Waals surface area contributed by atoms with Crippen LogP contribution in [0.3, 0.4) is 0 Å². The van der Waals surface area contributed by atoms with E-state index in [0.29, 0.717) is 25.2 Å². The van der Waals surface area contributed by atoms with Gasteiger partial charge in [-0.05, 0) is 19.3 Å². The molecule has 2 heterocycles. The molecule has 0 radical (unpaired) electrons. The number of hydrogen-bond donors (Lipinski definition) is 1. The van der Waals surface area contributed by atoms with E-state index < -0.39 is 11.2 Å². The number of rotatable bonds is 6. The van der Waals surface area contributed by atoms with Crippen LogP contribution in [-0.2, 0) is 24.3 Å². The Bertz CT molecular complexity index is 724. The fourth-order valence-corrected chi connectivity index (χ4v) is 2.69. The van der Waals surface area contributed by atoms with E-state index in [1.165, 1.54) is 4.57 Å². The minimum Gasteiger partial charge on any atom is -0.355 e. The summed E-state index contributed by atoms with van der Waals surface area (Å²) in [6.07, 6.45) is 4.21. The first-order valence-electron chi connectivity index (χ1n) is 7.63. The van der Waals surface area contributed by atoms with Crippen molar-refractivity contribution in [2.24, 2.45) is 0 Å². The van der Waals surface area contributed by atoms with Crippen LogP contribution in [0, 0.1) is 11.3 Å². The number of carbonyl (C=O) groups is 1. The standard InChI is InChI=1S/C15H20N4O3/c1-2-3-4-7-17-13(20)10-19-14(21)11(9-16)12-6-5-8-18(12)15(19)22/h2-8,10H2,1H3,(H,17,20). The number of nitrogens with one attached hydrogen (secondary N) is 1. The minimum absolute atomic E-state index is 0.0177. The van der Waals surface area contributed by atoms with E-state index in [1.807, 2.05) is 6.07 Å². The Kier molecular flexibility index (Phi) is 5.15. The maximum absolute atomic E-state index is 12.3. The fraction of sp³-hybridized carbons (Fsp3) is 0.600. The topological polar surface area (TPSA) is 96.9 Å². The van der Waals surface area contributed by atoms with Gasteiger partial charge in [0.05, 0.1) is 0 Å². The van der Waals surface area contributed by atoms with Crippen molar-refractivity contribution >= 4 is 5.91 Å². The van der Waals surface area contributed by atoms with Crippen LogP contribution in [0.2, 0.25) is 0 Å². The summed E-state index contributed by atoms with van der Waals surface area (Å²) in [5.74, 6) is -0.377. The van der Waals surface area contributed by atoms with Crippen molar-refractivity contribution in [1.29, 1.82) is 5.26 Å². The number of nitriles is 1. The Morgan fingerprint density at radius 1 is 1.36 bits per heavy atom.